The van der Waals surface area contributed by atoms with E-state index in [4.69, 9.17) is 0 Å². The first-order valence-corrected chi connectivity index (χ1v) is 17.6. The van der Waals surface area contributed by atoms with Gasteiger partial charge in [-0.3, -0.25) is 0 Å². The Balaban J connectivity index is 1.19. The van der Waals surface area contributed by atoms with Crippen LogP contribution >= 0.6 is 0 Å². The van der Waals surface area contributed by atoms with Gasteiger partial charge in [-0.15, -0.1) is 0 Å². The predicted molar refractivity (Wildman–Crippen MR) is 220 cm³/mol. The fourth-order valence-corrected chi connectivity index (χ4v) is 7.97. The van der Waals surface area contributed by atoms with Gasteiger partial charge in [0.1, 0.15) is 0 Å². The van der Waals surface area contributed by atoms with Crippen LogP contribution in [0.2, 0.25) is 0 Å². The van der Waals surface area contributed by atoms with Gasteiger partial charge in [0.2, 0.25) is 0 Å². The molecule has 10 aromatic rings. The smallest absolute Gasteiger partial charge is 0.0468 e. The van der Waals surface area contributed by atoms with Crippen LogP contribution in [0.15, 0.2) is 200 Å². The number of benzene rings is 10. The molecule has 0 bridgehead atoms. The molecule has 0 fully saturated rings. The monoisotopic (exact) mass is 647 g/mol. The van der Waals surface area contributed by atoms with Crippen LogP contribution in [-0.2, 0) is 0 Å². The predicted octanol–water partition coefficient (Wildman–Crippen LogP) is 14.3. The molecule has 0 heterocycles. The zero-order chi connectivity index (χ0) is 33.7. The molecule has 0 aliphatic carbocycles. The summed E-state index contributed by atoms with van der Waals surface area (Å²) in [5, 5.41) is 12.6. The summed E-state index contributed by atoms with van der Waals surface area (Å²) in [6.45, 7) is 0. The van der Waals surface area contributed by atoms with E-state index in [2.05, 4.69) is 205 Å². The highest BCUT2D eigenvalue weighted by Crippen LogP contribution is 2.42. The van der Waals surface area contributed by atoms with Gasteiger partial charge in [0.05, 0.1) is 0 Å². The summed E-state index contributed by atoms with van der Waals surface area (Å²) >= 11 is 0. The van der Waals surface area contributed by atoms with Crippen LogP contribution < -0.4 is 4.90 Å². The second-order valence-corrected chi connectivity index (χ2v) is 13.3. The van der Waals surface area contributed by atoms with Crippen molar-refractivity contribution in [3.05, 3.63) is 200 Å². The number of anilines is 3. The van der Waals surface area contributed by atoms with Crippen molar-refractivity contribution in [3.63, 3.8) is 0 Å². The van der Waals surface area contributed by atoms with Crippen LogP contribution in [0, 0.1) is 0 Å². The Kier molecular flexibility index (Phi) is 6.89. The molecule has 1 heteroatoms. The van der Waals surface area contributed by atoms with E-state index < -0.39 is 0 Å². The van der Waals surface area contributed by atoms with Crippen molar-refractivity contribution >= 4 is 70.9 Å². The zero-order valence-corrected chi connectivity index (χ0v) is 28.0. The van der Waals surface area contributed by atoms with Crippen LogP contribution in [0.4, 0.5) is 17.1 Å². The topological polar surface area (TPSA) is 3.24 Å². The standard InChI is InChI=1S/C50H33N/c1-2-14-35-29-42(28-27-34(35)13-1)51(40-19-11-17-36(30-40)49-32-38-15-3-5-21-43(38)45-23-7-9-25-47(45)49)41-20-12-18-37(31-41)50-33-39-16-4-6-22-44(39)46-24-8-10-26-48(46)50/h1-33H. The van der Waals surface area contributed by atoms with E-state index in [1.54, 1.807) is 0 Å². The van der Waals surface area contributed by atoms with Gasteiger partial charge in [0.25, 0.3) is 0 Å². The van der Waals surface area contributed by atoms with E-state index in [1.807, 2.05) is 0 Å². The third-order valence-electron chi connectivity index (χ3n) is 10.4. The summed E-state index contributed by atoms with van der Waals surface area (Å²) in [4.78, 5) is 2.41. The van der Waals surface area contributed by atoms with Gasteiger partial charge < -0.3 is 4.90 Å². The molecule has 10 rings (SSSR count). The molecule has 0 N–H and O–H groups in total. The summed E-state index contributed by atoms with van der Waals surface area (Å²) in [6, 6.07) is 73.1. The Morgan fingerprint density at radius 2 is 0.647 bits per heavy atom. The average Bonchev–Trinajstić information content (AvgIpc) is 3.20. The van der Waals surface area contributed by atoms with Crippen LogP contribution in [0.1, 0.15) is 0 Å². The number of nitrogens with zero attached hydrogens (tertiary/aromatic N) is 1. The van der Waals surface area contributed by atoms with Gasteiger partial charge in [-0.2, -0.15) is 0 Å². The van der Waals surface area contributed by atoms with Crippen LogP contribution in [0.25, 0.3) is 76.1 Å². The molecular weight excluding hydrogens is 615 g/mol. The fraction of sp³-hybridized carbons (Fsp3) is 0. The minimum atomic E-state index is 1.11. The van der Waals surface area contributed by atoms with Gasteiger partial charge in [0.15, 0.2) is 0 Å². The molecule has 0 saturated heterocycles. The third kappa shape index (κ3) is 5.02. The van der Waals surface area contributed by atoms with Gasteiger partial charge in [-0.1, -0.05) is 152 Å². The quantitative estimate of drug-likeness (QED) is 0.168. The molecule has 0 amide bonds. The first-order valence-electron chi connectivity index (χ1n) is 17.6. The average molecular weight is 648 g/mol. The molecular formula is C50H33N. The number of hydrogen-bond acceptors (Lipinski definition) is 1. The van der Waals surface area contributed by atoms with Crippen molar-refractivity contribution in [1.82, 2.24) is 0 Å². The lowest BCUT2D eigenvalue weighted by Crippen LogP contribution is -2.10. The highest BCUT2D eigenvalue weighted by atomic mass is 15.1. The van der Waals surface area contributed by atoms with Crippen molar-refractivity contribution in [2.45, 2.75) is 0 Å². The lowest BCUT2D eigenvalue weighted by atomic mass is 9.92. The van der Waals surface area contributed by atoms with Gasteiger partial charge >= 0.3 is 0 Å². The second-order valence-electron chi connectivity index (χ2n) is 13.3. The largest absolute Gasteiger partial charge is 0.310 e. The minimum absolute atomic E-state index is 1.11. The van der Waals surface area contributed by atoms with E-state index in [0.29, 0.717) is 0 Å². The van der Waals surface area contributed by atoms with E-state index in [9.17, 15) is 0 Å². The maximum atomic E-state index is 2.41. The SMILES string of the molecule is c1cc(-c2cc3ccccc3c3ccccc23)cc(N(c2cccc(-c3cc4ccccc4c4ccccc34)c2)c2ccc3ccccc3c2)c1. The minimum Gasteiger partial charge on any atom is -0.310 e. The number of hydrogen-bond donors (Lipinski definition) is 0. The summed E-state index contributed by atoms with van der Waals surface area (Å²) in [6.07, 6.45) is 0. The summed E-state index contributed by atoms with van der Waals surface area (Å²) in [7, 11) is 0. The third-order valence-corrected chi connectivity index (χ3v) is 10.4. The van der Waals surface area contributed by atoms with Gasteiger partial charge in [0, 0.05) is 17.1 Å². The van der Waals surface area contributed by atoms with Crippen molar-refractivity contribution < 1.29 is 0 Å². The van der Waals surface area contributed by atoms with Crippen LogP contribution in [0.5, 0.6) is 0 Å². The molecule has 10 aromatic carbocycles. The van der Waals surface area contributed by atoms with E-state index in [-0.39, 0.29) is 0 Å². The zero-order valence-electron chi connectivity index (χ0n) is 28.0. The second kappa shape index (κ2) is 12.0. The lowest BCUT2D eigenvalue weighted by Gasteiger charge is -2.27. The Hall–Kier alpha value is -6.70. The summed E-state index contributed by atoms with van der Waals surface area (Å²) in [5.41, 5.74) is 8.20. The first-order chi connectivity index (χ1) is 25.3. The molecule has 0 unspecified atom stereocenters. The number of fused-ring (bicyclic) bond motifs is 7. The van der Waals surface area contributed by atoms with E-state index in [0.717, 1.165) is 17.1 Å². The van der Waals surface area contributed by atoms with Crippen molar-refractivity contribution in [1.29, 1.82) is 0 Å². The van der Waals surface area contributed by atoms with Crippen molar-refractivity contribution in [3.8, 4) is 22.3 Å². The Morgan fingerprint density at radius 3 is 1.18 bits per heavy atom. The van der Waals surface area contributed by atoms with Crippen molar-refractivity contribution in [2.24, 2.45) is 0 Å². The molecule has 0 atom stereocenters. The van der Waals surface area contributed by atoms with Crippen molar-refractivity contribution in [2.75, 3.05) is 4.90 Å². The molecule has 0 radical (unpaired) electrons. The van der Waals surface area contributed by atoms with E-state index in [1.165, 1.54) is 76.1 Å². The Bertz CT molecular complexity index is 2770. The Labute approximate surface area is 297 Å². The summed E-state index contributed by atoms with van der Waals surface area (Å²) in [5.74, 6) is 0. The Morgan fingerprint density at radius 1 is 0.235 bits per heavy atom. The highest BCUT2D eigenvalue weighted by molar-refractivity contribution is 6.15. The highest BCUT2D eigenvalue weighted by Gasteiger charge is 2.17. The molecule has 51 heavy (non-hydrogen) atoms. The molecule has 0 spiro atoms. The molecule has 0 aromatic heterocycles. The molecule has 0 aliphatic rings. The molecule has 1 nitrogen and oxygen atoms in total. The first kappa shape index (κ1) is 29.2. The molecule has 0 aliphatic heterocycles. The van der Waals surface area contributed by atoms with E-state index >= 15 is 0 Å². The van der Waals surface area contributed by atoms with Crippen LogP contribution in [0.3, 0.4) is 0 Å². The maximum absolute atomic E-state index is 2.41. The van der Waals surface area contributed by atoms with Gasteiger partial charge in [-0.05, 0) is 125 Å². The van der Waals surface area contributed by atoms with Gasteiger partial charge in [-0.25, -0.2) is 0 Å². The molecule has 0 saturated carbocycles. The maximum Gasteiger partial charge on any atom is 0.0468 e. The molecule has 238 valence electrons. The number of rotatable bonds is 5. The normalized spacial score (nSPS) is 11.5. The lowest BCUT2D eigenvalue weighted by molar-refractivity contribution is 1.29. The fourth-order valence-electron chi connectivity index (χ4n) is 7.97. The van der Waals surface area contributed by atoms with Crippen LogP contribution in [-0.4, -0.2) is 0 Å². The summed E-state index contributed by atoms with van der Waals surface area (Å²) < 4.78 is 0.